The molecule has 0 saturated heterocycles. The molecule has 2 aromatic carbocycles. The Labute approximate surface area is 153 Å². The highest BCUT2D eigenvalue weighted by Gasteiger charge is 2.25. The van der Waals surface area contributed by atoms with E-state index in [0.717, 1.165) is 30.7 Å². The van der Waals surface area contributed by atoms with E-state index >= 15 is 0 Å². The van der Waals surface area contributed by atoms with Gasteiger partial charge in [0, 0.05) is 17.1 Å². The summed E-state index contributed by atoms with van der Waals surface area (Å²) in [6.07, 6.45) is 4.72. The smallest absolute Gasteiger partial charge is 0.224 e. The molecule has 1 aliphatic carbocycles. The van der Waals surface area contributed by atoms with Crippen LogP contribution in [-0.4, -0.2) is 5.91 Å². The fourth-order valence-corrected chi connectivity index (χ4v) is 4.04. The van der Waals surface area contributed by atoms with Crippen LogP contribution < -0.4 is 5.32 Å². The summed E-state index contributed by atoms with van der Waals surface area (Å²) in [5, 5.41) is 3.71. The molecule has 1 aliphatic rings. The number of benzene rings is 2. The average Bonchev–Trinajstić information content (AvgIpc) is 2.58. The number of rotatable bonds is 4. The van der Waals surface area contributed by atoms with Crippen LogP contribution in [0.15, 0.2) is 42.5 Å². The lowest BCUT2D eigenvalue weighted by atomic mass is 9.77. The van der Waals surface area contributed by atoms with Gasteiger partial charge >= 0.3 is 0 Å². The summed E-state index contributed by atoms with van der Waals surface area (Å²) in [6.45, 7) is 2.05. The van der Waals surface area contributed by atoms with E-state index in [0.29, 0.717) is 23.9 Å². The fourth-order valence-electron chi connectivity index (χ4n) is 3.65. The Kier molecular flexibility index (Phi) is 5.74. The van der Waals surface area contributed by atoms with Crippen LogP contribution >= 0.6 is 11.6 Å². The van der Waals surface area contributed by atoms with E-state index in [1.807, 2.05) is 13.0 Å². The first-order chi connectivity index (χ1) is 12.0. The SMILES string of the molecule is Cc1ccc(C2CCC(CC(=O)Nc3ccc(F)cc3)CC2)c(Cl)c1. The molecule has 0 aliphatic heterocycles. The maximum atomic E-state index is 12.9. The summed E-state index contributed by atoms with van der Waals surface area (Å²) in [7, 11) is 0. The van der Waals surface area contributed by atoms with Crippen molar-refractivity contribution in [3.8, 4) is 0 Å². The van der Waals surface area contributed by atoms with Crippen molar-refractivity contribution in [3.05, 3.63) is 64.4 Å². The van der Waals surface area contributed by atoms with Crippen LogP contribution in [-0.2, 0) is 4.79 Å². The highest BCUT2D eigenvalue weighted by atomic mass is 35.5. The number of hydrogen-bond acceptors (Lipinski definition) is 1. The molecule has 1 amide bonds. The van der Waals surface area contributed by atoms with Gasteiger partial charge in [-0.15, -0.1) is 0 Å². The summed E-state index contributed by atoms with van der Waals surface area (Å²) in [6, 6.07) is 12.2. The van der Waals surface area contributed by atoms with Crippen LogP contribution in [0.4, 0.5) is 10.1 Å². The van der Waals surface area contributed by atoms with E-state index in [1.54, 1.807) is 12.1 Å². The van der Waals surface area contributed by atoms with Crippen LogP contribution in [0.1, 0.15) is 49.1 Å². The Balaban J connectivity index is 1.50. The van der Waals surface area contributed by atoms with Crippen molar-refractivity contribution >= 4 is 23.2 Å². The first-order valence-corrected chi connectivity index (χ1v) is 9.20. The molecule has 132 valence electrons. The normalized spacial score (nSPS) is 20.3. The molecule has 1 fully saturated rings. The van der Waals surface area contributed by atoms with Crippen molar-refractivity contribution in [1.82, 2.24) is 0 Å². The summed E-state index contributed by atoms with van der Waals surface area (Å²) >= 11 is 6.39. The molecule has 0 heterocycles. The van der Waals surface area contributed by atoms with Gasteiger partial charge in [0.25, 0.3) is 0 Å². The molecule has 1 saturated carbocycles. The molecule has 0 aromatic heterocycles. The Morgan fingerprint density at radius 2 is 1.80 bits per heavy atom. The number of amides is 1. The lowest BCUT2D eigenvalue weighted by Crippen LogP contribution is -2.20. The zero-order valence-corrected chi connectivity index (χ0v) is 15.2. The Hall–Kier alpha value is -1.87. The number of halogens is 2. The number of carbonyl (C=O) groups excluding carboxylic acids is 1. The quantitative estimate of drug-likeness (QED) is 0.703. The second-order valence-corrected chi connectivity index (χ2v) is 7.41. The van der Waals surface area contributed by atoms with Gasteiger partial charge in [0.2, 0.25) is 5.91 Å². The molecule has 0 bridgehead atoms. The predicted molar refractivity (Wildman–Crippen MR) is 101 cm³/mol. The highest BCUT2D eigenvalue weighted by molar-refractivity contribution is 6.31. The van der Waals surface area contributed by atoms with Gasteiger partial charge < -0.3 is 5.32 Å². The van der Waals surface area contributed by atoms with Gasteiger partial charge in [0.05, 0.1) is 0 Å². The molecule has 0 unspecified atom stereocenters. The molecule has 0 radical (unpaired) electrons. The molecule has 0 spiro atoms. The number of aryl methyl sites for hydroxylation is 1. The third-order valence-electron chi connectivity index (χ3n) is 5.04. The van der Waals surface area contributed by atoms with Crippen LogP contribution in [0.25, 0.3) is 0 Å². The van der Waals surface area contributed by atoms with Gasteiger partial charge in [0.1, 0.15) is 5.82 Å². The van der Waals surface area contributed by atoms with Gasteiger partial charge in [0.15, 0.2) is 0 Å². The Morgan fingerprint density at radius 1 is 1.12 bits per heavy atom. The molecule has 1 N–H and O–H groups in total. The zero-order valence-electron chi connectivity index (χ0n) is 14.4. The Bertz CT molecular complexity index is 736. The molecular formula is C21H23ClFNO. The predicted octanol–water partition coefficient (Wildman–Crippen LogP) is 6.09. The van der Waals surface area contributed by atoms with Crippen LogP contribution in [0, 0.1) is 18.7 Å². The summed E-state index contributed by atoms with van der Waals surface area (Å²) in [5.41, 5.74) is 3.06. The minimum absolute atomic E-state index is 0.00317. The van der Waals surface area contributed by atoms with Crippen LogP contribution in [0.2, 0.25) is 5.02 Å². The molecule has 25 heavy (non-hydrogen) atoms. The van der Waals surface area contributed by atoms with Crippen molar-refractivity contribution < 1.29 is 9.18 Å². The molecule has 2 nitrogen and oxygen atoms in total. The number of anilines is 1. The second kappa shape index (κ2) is 8.01. The van der Waals surface area contributed by atoms with E-state index in [4.69, 9.17) is 11.6 Å². The summed E-state index contributed by atoms with van der Waals surface area (Å²) in [4.78, 5) is 12.2. The fraction of sp³-hybridized carbons (Fsp3) is 0.381. The van der Waals surface area contributed by atoms with E-state index < -0.39 is 0 Å². The van der Waals surface area contributed by atoms with E-state index in [9.17, 15) is 9.18 Å². The average molecular weight is 360 g/mol. The minimum Gasteiger partial charge on any atom is -0.326 e. The number of carbonyl (C=O) groups is 1. The van der Waals surface area contributed by atoms with Gasteiger partial charge in [-0.25, -0.2) is 4.39 Å². The van der Waals surface area contributed by atoms with Crippen molar-refractivity contribution in [3.63, 3.8) is 0 Å². The van der Waals surface area contributed by atoms with Gasteiger partial charge in [-0.1, -0.05) is 23.7 Å². The standard InChI is InChI=1S/C21H23ClFNO/c1-14-2-11-19(20(22)12-14)16-5-3-15(4-6-16)13-21(25)24-18-9-7-17(23)8-10-18/h2,7-12,15-16H,3-6,13H2,1H3,(H,24,25). The van der Waals surface area contributed by atoms with E-state index in [2.05, 4.69) is 17.4 Å². The second-order valence-electron chi connectivity index (χ2n) is 7.00. The molecular weight excluding hydrogens is 337 g/mol. The number of hydrogen-bond donors (Lipinski definition) is 1. The maximum absolute atomic E-state index is 12.9. The summed E-state index contributed by atoms with van der Waals surface area (Å²) < 4.78 is 12.9. The third-order valence-corrected chi connectivity index (χ3v) is 5.37. The van der Waals surface area contributed by atoms with Crippen LogP contribution in [0.5, 0.6) is 0 Å². The minimum atomic E-state index is -0.300. The Morgan fingerprint density at radius 3 is 2.44 bits per heavy atom. The number of nitrogens with one attached hydrogen (secondary N) is 1. The third kappa shape index (κ3) is 4.82. The topological polar surface area (TPSA) is 29.1 Å². The maximum Gasteiger partial charge on any atom is 0.224 e. The van der Waals surface area contributed by atoms with Gasteiger partial charge in [-0.2, -0.15) is 0 Å². The lowest BCUT2D eigenvalue weighted by molar-refractivity contribution is -0.117. The summed E-state index contributed by atoms with van der Waals surface area (Å²) in [5.74, 6) is 0.597. The molecule has 3 rings (SSSR count). The monoisotopic (exact) mass is 359 g/mol. The molecule has 2 aromatic rings. The molecule has 4 heteroatoms. The van der Waals surface area contributed by atoms with Crippen molar-refractivity contribution in [2.75, 3.05) is 5.32 Å². The van der Waals surface area contributed by atoms with Gasteiger partial charge in [-0.3, -0.25) is 4.79 Å². The van der Waals surface area contributed by atoms with E-state index in [1.165, 1.54) is 23.3 Å². The van der Waals surface area contributed by atoms with E-state index in [-0.39, 0.29) is 11.7 Å². The van der Waals surface area contributed by atoms with Gasteiger partial charge in [-0.05, 0) is 85.9 Å². The van der Waals surface area contributed by atoms with Crippen molar-refractivity contribution in [1.29, 1.82) is 0 Å². The van der Waals surface area contributed by atoms with Crippen molar-refractivity contribution in [2.24, 2.45) is 5.92 Å². The lowest BCUT2D eigenvalue weighted by Gasteiger charge is -2.29. The largest absolute Gasteiger partial charge is 0.326 e. The van der Waals surface area contributed by atoms with Crippen molar-refractivity contribution in [2.45, 2.75) is 44.9 Å². The first kappa shape index (κ1) is 17.9. The first-order valence-electron chi connectivity index (χ1n) is 8.82. The van der Waals surface area contributed by atoms with Crippen LogP contribution in [0.3, 0.4) is 0 Å². The zero-order chi connectivity index (χ0) is 17.8. The highest BCUT2D eigenvalue weighted by Crippen LogP contribution is 2.39. The molecule has 0 atom stereocenters.